The molecule has 0 aliphatic heterocycles. The predicted molar refractivity (Wildman–Crippen MR) is 51.7 cm³/mol. The molecule has 0 amide bonds. The van der Waals surface area contributed by atoms with Crippen molar-refractivity contribution >= 4 is 6.29 Å². The second-order valence-corrected chi connectivity index (χ2v) is 3.60. The van der Waals surface area contributed by atoms with Crippen LogP contribution in [0.25, 0.3) is 0 Å². The van der Waals surface area contributed by atoms with Crippen molar-refractivity contribution in [3.05, 3.63) is 23.8 Å². The zero-order valence-electron chi connectivity index (χ0n) is 7.77. The number of carbonyl (C=O) groups excluding carboxylic acids is 1. The summed E-state index contributed by atoms with van der Waals surface area (Å²) in [5.41, 5.74) is 0.522. The van der Waals surface area contributed by atoms with E-state index in [-0.39, 0.29) is 5.75 Å². The first-order valence-corrected chi connectivity index (χ1v) is 4.70. The topological polar surface area (TPSA) is 46.5 Å². The van der Waals surface area contributed by atoms with Crippen molar-refractivity contribution in [3.8, 4) is 11.5 Å². The molecule has 74 valence electrons. The van der Waals surface area contributed by atoms with Crippen LogP contribution < -0.4 is 4.74 Å². The van der Waals surface area contributed by atoms with Crippen LogP contribution in [0.1, 0.15) is 23.2 Å². The fourth-order valence-corrected chi connectivity index (χ4v) is 1.21. The molecule has 3 heteroatoms. The summed E-state index contributed by atoms with van der Waals surface area (Å²) in [6.07, 6.45) is 3.14. The van der Waals surface area contributed by atoms with Gasteiger partial charge in [-0.3, -0.25) is 4.79 Å². The Morgan fingerprint density at radius 1 is 1.50 bits per heavy atom. The summed E-state index contributed by atoms with van der Waals surface area (Å²) in [5, 5.41) is 9.42. The molecule has 1 aliphatic rings. The van der Waals surface area contributed by atoms with E-state index in [2.05, 4.69) is 0 Å². The van der Waals surface area contributed by atoms with Gasteiger partial charge in [-0.25, -0.2) is 0 Å². The summed E-state index contributed by atoms with van der Waals surface area (Å²) in [6.45, 7) is 0.635. The molecule has 0 unspecified atom stereocenters. The van der Waals surface area contributed by atoms with Gasteiger partial charge in [-0.1, -0.05) is 0 Å². The van der Waals surface area contributed by atoms with Crippen LogP contribution in [0.2, 0.25) is 0 Å². The zero-order valence-corrected chi connectivity index (χ0v) is 7.77. The molecule has 14 heavy (non-hydrogen) atoms. The van der Waals surface area contributed by atoms with E-state index >= 15 is 0 Å². The Kier molecular flexibility index (Phi) is 2.39. The molecule has 1 N–H and O–H groups in total. The number of hydrogen-bond acceptors (Lipinski definition) is 3. The highest BCUT2D eigenvalue weighted by Gasteiger charge is 2.22. The van der Waals surface area contributed by atoms with E-state index in [0.717, 1.165) is 6.29 Å². The smallest absolute Gasteiger partial charge is 0.161 e. The van der Waals surface area contributed by atoms with Crippen LogP contribution in [0, 0.1) is 5.92 Å². The minimum Gasteiger partial charge on any atom is -0.504 e. The molecule has 2 rings (SSSR count). The lowest BCUT2D eigenvalue weighted by Gasteiger charge is -2.07. The maximum Gasteiger partial charge on any atom is 0.161 e. The Hall–Kier alpha value is -1.51. The van der Waals surface area contributed by atoms with E-state index in [1.165, 1.54) is 18.9 Å². The first-order chi connectivity index (χ1) is 6.79. The van der Waals surface area contributed by atoms with Crippen molar-refractivity contribution in [2.75, 3.05) is 6.61 Å². The van der Waals surface area contributed by atoms with Crippen molar-refractivity contribution in [1.82, 2.24) is 0 Å². The van der Waals surface area contributed by atoms with Gasteiger partial charge in [0.05, 0.1) is 6.61 Å². The summed E-state index contributed by atoms with van der Waals surface area (Å²) in [7, 11) is 0. The Bertz CT molecular complexity index is 342. The second kappa shape index (κ2) is 3.70. The van der Waals surface area contributed by atoms with Gasteiger partial charge in [0, 0.05) is 5.56 Å². The lowest BCUT2D eigenvalue weighted by atomic mass is 10.2. The van der Waals surface area contributed by atoms with Crippen LogP contribution in [-0.4, -0.2) is 18.0 Å². The van der Waals surface area contributed by atoms with Crippen molar-refractivity contribution < 1.29 is 14.6 Å². The van der Waals surface area contributed by atoms with E-state index in [9.17, 15) is 9.90 Å². The van der Waals surface area contributed by atoms with Crippen molar-refractivity contribution in [2.24, 2.45) is 5.92 Å². The molecule has 1 aliphatic carbocycles. The van der Waals surface area contributed by atoms with E-state index in [0.29, 0.717) is 23.8 Å². The molecule has 0 aromatic heterocycles. The van der Waals surface area contributed by atoms with E-state index in [1.807, 2.05) is 0 Å². The number of rotatable bonds is 4. The van der Waals surface area contributed by atoms with Crippen molar-refractivity contribution in [2.45, 2.75) is 12.8 Å². The first-order valence-electron chi connectivity index (χ1n) is 4.70. The standard InChI is InChI=1S/C11H12O3/c12-6-9-3-4-10(13)11(5-9)14-7-8-1-2-8/h3-6,8,13H,1-2,7H2. The Morgan fingerprint density at radius 2 is 2.29 bits per heavy atom. The van der Waals surface area contributed by atoms with Crippen LogP contribution in [-0.2, 0) is 0 Å². The maximum atomic E-state index is 10.5. The average Bonchev–Trinajstić information content (AvgIpc) is 3.00. The fraction of sp³-hybridized carbons (Fsp3) is 0.364. The van der Waals surface area contributed by atoms with Gasteiger partial charge in [-0.2, -0.15) is 0 Å². The third-order valence-corrected chi connectivity index (χ3v) is 2.29. The molecule has 3 nitrogen and oxygen atoms in total. The highest BCUT2D eigenvalue weighted by Crippen LogP contribution is 2.32. The van der Waals surface area contributed by atoms with E-state index in [4.69, 9.17) is 4.74 Å². The first kappa shape index (κ1) is 9.06. The van der Waals surface area contributed by atoms with E-state index in [1.54, 1.807) is 12.1 Å². The molecular formula is C11H12O3. The molecule has 0 atom stereocenters. The molecule has 0 radical (unpaired) electrons. The van der Waals surface area contributed by atoms with E-state index < -0.39 is 0 Å². The number of carbonyl (C=O) groups is 1. The average molecular weight is 192 g/mol. The normalized spacial score (nSPS) is 15.1. The number of hydrogen-bond donors (Lipinski definition) is 1. The molecule has 0 spiro atoms. The minimum absolute atomic E-state index is 0.0938. The third kappa shape index (κ3) is 2.05. The highest BCUT2D eigenvalue weighted by molar-refractivity contribution is 5.76. The SMILES string of the molecule is O=Cc1ccc(O)c(OCC2CC2)c1. The van der Waals surface area contributed by atoms with Gasteiger partial charge in [-0.05, 0) is 37.0 Å². The zero-order chi connectivity index (χ0) is 9.97. The highest BCUT2D eigenvalue weighted by atomic mass is 16.5. The summed E-state index contributed by atoms with van der Waals surface area (Å²) >= 11 is 0. The summed E-state index contributed by atoms with van der Waals surface area (Å²) in [6, 6.07) is 4.60. The number of phenols is 1. The lowest BCUT2D eigenvalue weighted by molar-refractivity contribution is 0.112. The van der Waals surface area contributed by atoms with Crippen LogP contribution in [0.4, 0.5) is 0 Å². The number of phenolic OH excluding ortho intramolecular Hbond substituents is 1. The maximum absolute atomic E-state index is 10.5. The fourth-order valence-electron chi connectivity index (χ4n) is 1.21. The quantitative estimate of drug-likeness (QED) is 0.742. The molecule has 1 fully saturated rings. The Balaban J connectivity index is 2.08. The molecule has 0 bridgehead atoms. The van der Waals surface area contributed by atoms with Gasteiger partial charge < -0.3 is 9.84 Å². The largest absolute Gasteiger partial charge is 0.504 e. The predicted octanol–water partition coefficient (Wildman–Crippen LogP) is 1.99. The van der Waals surface area contributed by atoms with Crippen LogP contribution in [0.3, 0.4) is 0 Å². The number of aromatic hydroxyl groups is 1. The number of aldehydes is 1. The van der Waals surface area contributed by atoms with Crippen molar-refractivity contribution in [3.63, 3.8) is 0 Å². The monoisotopic (exact) mass is 192 g/mol. The molecule has 1 aromatic carbocycles. The van der Waals surface area contributed by atoms with Crippen LogP contribution >= 0.6 is 0 Å². The molecule has 0 saturated heterocycles. The molecule has 1 aromatic rings. The van der Waals surface area contributed by atoms with Gasteiger partial charge in [0.25, 0.3) is 0 Å². The summed E-state index contributed by atoms with van der Waals surface area (Å²) in [5.74, 6) is 1.13. The van der Waals surface area contributed by atoms with Gasteiger partial charge >= 0.3 is 0 Å². The minimum atomic E-state index is 0.0938. The molecular weight excluding hydrogens is 180 g/mol. The van der Waals surface area contributed by atoms with Gasteiger partial charge in [0.1, 0.15) is 6.29 Å². The number of benzene rings is 1. The lowest BCUT2D eigenvalue weighted by Crippen LogP contribution is -1.99. The van der Waals surface area contributed by atoms with Gasteiger partial charge in [-0.15, -0.1) is 0 Å². The molecule has 1 saturated carbocycles. The van der Waals surface area contributed by atoms with Gasteiger partial charge in [0.15, 0.2) is 11.5 Å². The van der Waals surface area contributed by atoms with Crippen LogP contribution in [0.5, 0.6) is 11.5 Å². The third-order valence-electron chi connectivity index (χ3n) is 2.29. The Morgan fingerprint density at radius 3 is 2.93 bits per heavy atom. The summed E-state index contributed by atoms with van der Waals surface area (Å²) in [4.78, 5) is 10.5. The molecule has 0 heterocycles. The second-order valence-electron chi connectivity index (χ2n) is 3.60. The van der Waals surface area contributed by atoms with Gasteiger partial charge in [0.2, 0.25) is 0 Å². The van der Waals surface area contributed by atoms with Crippen molar-refractivity contribution in [1.29, 1.82) is 0 Å². The summed E-state index contributed by atoms with van der Waals surface area (Å²) < 4.78 is 5.39. The number of ether oxygens (including phenoxy) is 1. The van der Waals surface area contributed by atoms with Crippen LogP contribution in [0.15, 0.2) is 18.2 Å². The Labute approximate surface area is 82.3 Å².